The van der Waals surface area contributed by atoms with Gasteiger partial charge in [-0.25, -0.2) is 4.39 Å². The molecule has 0 radical (unpaired) electrons. The number of thiazole rings is 1. The summed E-state index contributed by atoms with van der Waals surface area (Å²) in [5.74, 6) is -0.633. The van der Waals surface area contributed by atoms with Crippen LogP contribution in [-0.2, 0) is 13.1 Å². The molecule has 0 fully saturated rings. The normalized spacial score (nSPS) is 10.7. The third-order valence-electron chi connectivity index (χ3n) is 3.95. The Morgan fingerprint density at radius 2 is 1.92 bits per heavy atom. The van der Waals surface area contributed by atoms with E-state index in [1.807, 2.05) is 12.1 Å². The predicted octanol–water partition coefficient (Wildman–Crippen LogP) is 3.99. The molecular formula is C19H16ClFN2O2S. The first-order valence-electron chi connectivity index (χ1n) is 7.91. The summed E-state index contributed by atoms with van der Waals surface area (Å²) in [7, 11) is 0. The summed E-state index contributed by atoms with van der Waals surface area (Å²) >= 11 is 6.84. The van der Waals surface area contributed by atoms with Crippen LogP contribution in [0, 0.1) is 12.7 Å². The fraction of sp³-hybridized carbons (Fsp3) is 0.158. The van der Waals surface area contributed by atoms with Crippen molar-refractivity contribution >= 4 is 28.8 Å². The standard InChI is InChI=1S/C19H16ClFN2O2S/c1-12-17(18(24)22-10-14-3-2-4-15(20)9-14)26-19(25)23(12)11-13-5-7-16(21)8-6-13/h2-9H,10-11H2,1H3,(H,22,24). The molecule has 3 rings (SSSR count). The quantitative estimate of drug-likeness (QED) is 0.716. The molecule has 2 aromatic carbocycles. The molecule has 1 aromatic heterocycles. The van der Waals surface area contributed by atoms with E-state index in [0.717, 1.165) is 22.5 Å². The van der Waals surface area contributed by atoms with Gasteiger partial charge in [0.05, 0.1) is 6.54 Å². The molecule has 0 aliphatic heterocycles. The summed E-state index contributed by atoms with van der Waals surface area (Å²) in [6.07, 6.45) is 0. The number of benzene rings is 2. The first-order valence-corrected chi connectivity index (χ1v) is 9.11. The number of amides is 1. The minimum atomic E-state index is -0.329. The Bertz CT molecular complexity index is 996. The number of aromatic nitrogens is 1. The van der Waals surface area contributed by atoms with Gasteiger partial charge in [-0.3, -0.25) is 14.2 Å². The van der Waals surface area contributed by atoms with E-state index in [2.05, 4.69) is 5.32 Å². The van der Waals surface area contributed by atoms with Crippen molar-refractivity contribution < 1.29 is 9.18 Å². The lowest BCUT2D eigenvalue weighted by Gasteiger charge is -2.07. The topological polar surface area (TPSA) is 51.1 Å². The summed E-state index contributed by atoms with van der Waals surface area (Å²) in [6, 6.07) is 13.2. The third-order valence-corrected chi connectivity index (χ3v) is 5.26. The maximum absolute atomic E-state index is 13.0. The monoisotopic (exact) mass is 390 g/mol. The van der Waals surface area contributed by atoms with Crippen molar-refractivity contribution in [2.45, 2.75) is 20.0 Å². The number of nitrogens with zero attached hydrogens (tertiary/aromatic N) is 1. The SMILES string of the molecule is Cc1c(C(=O)NCc2cccc(Cl)c2)sc(=O)n1Cc1ccc(F)cc1. The van der Waals surface area contributed by atoms with Crippen molar-refractivity contribution in [2.75, 3.05) is 0 Å². The molecule has 0 aliphatic rings. The van der Waals surface area contributed by atoms with Gasteiger partial charge in [-0.15, -0.1) is 0 Å². The molecule has 0 saturated carbocycles. The van der Waals surface area contributed by atoms with Gasteiger partial charge in [-0.2, -0.15) is 0 Å². The van der Waals surface area contributed by atoms with Crippen LogP contribution in [0.2, 0.25) is 5.02 Å². The van der Waals surface area contributed by atoms with Crippen molar-refractivity contribution in [3.05, 3.63) is 90.7 Å². The summed E-state index contributed by atoms with van der Waals surface area (Å²) in [6.45, 7) is 2.35. The first-order chi connectivity index (χ1) is 12.4. The van der Waals surface area contributed by atoms with E-state index < -0.39 is 0 Å². The molecule has 0 spiro atoms. The van der Waals surface area contributed by atoms with Crippen LogP contribution in [0.25, 0.3) is 0 Å². The van der Waals surface area contributed by atoms with Gasteiger partial charge in [-0.1, -0.05) is 47.2 Å². The maximum atomic E-state index is 13.0. The van der Waals surface area contributed by atoms with Gasteiger partial charge in [0.2, 0.25) is 0 Å². The van der Waals surface area contributed by atoms with Crippen LogP contribution in [0.1, 0.15) is 26.5 Å². The molecule has 7 heteroatoms. The van der Waals surface area contributed by atoms with Crippen molar-refractivity contribution in [1.82, 2.24) is 9.88 Å². The molecule has 134 valence electrons. The van der Waals surface area contributed by atoms with Gasteiger partial charge < -0.3 is 5.32 Å². The Morgan fingerprint density at radius 1 is 1.19 bits per heavy atom. The van der Waals surface area contributed by atoms with E-state index in [4.69, 9.17) is 11.6 Å². The van der Waals surface area contributed by atoms with Crippen LogP contribution in [0.4, 0.5) is 4.39 Å². The molecule has 1 N–H and O–H groups in total. The Labute approximate surface area is 158 Å². The summed E-state index contributed by atoms with van der Waals surface area (Å²) < 4.78 is 14.5. The molecule has 0 saturated heterocycles. The lowest BCUT2D eigenvalue weighted by atomic mass is 10.2. The van der Waals surface area contributed by atoms with Gasteiger partial charge >= 0.3 is 4.87 Å². The van der Waals surface area contributed by atoms with E-state index in [-0.39, 0.29) is 16.6 Å². The van der Waals surface area contributed by atoms with Gasteiger partial charge in [0.25, 0.3) is 5.91 Å². The Hall–Kier alpha value is -2.44. The lowest BCUT2D eigenvalue weighted by molar-refractivity contribution is 0.0954. The highest BCUT2D eigenvalue weighted by atomic mass is 35.5. The zero-order chi connectivity index (χ0) is 18.7. The molecule has 26 heavy (non-hydrogen) atoms. The highest BCUT2D eigenvalue weighted by Crippen LogP contribution is 2.15. The third kappa shape index (κ3) is 4.20. The van der Waals surface area contributed by atoms with Gasteiger partial charge in [-0.05, 0) is 42.3 Å². The molecule has 1 amide bonds. The van der Waals surface area contributed by atoms with Crippen molar-refractivity contribution in [1.29, 1.82) is 0 Å². The minimum absolute atomic E-state index is 0.222. The highest BCUT2D eigenvalue weighted by Gasteiger charge is 2.17. The van der Waals surface area contributed by atoms with Gasteiger partial charge in [0, 0.05) is 17.3 Å². The average molecular weight is 391 g/mol. The van der Waals surface area contributed by atoms with E-state index >= 15 is 0 Å². The van der Waals surface area contributed by atoms with Gasteiger partial charge in [0.15, 0.2) is 0 Å². The second-order valence-electron chi connectivity index (χ2n) is 5.81. The van der Waals surface area contributed by atoms with Gasteiger partial charge in [0.1, 0.15) is 10.7 Å². The molecule has 0 unspecified atom stereocenters. The van der Waals surface area contributed by atoms with Crippen molar-refractivity contribution in [3.8, 4) is 0 Å². The Balaban J connectivity index is 1.75. The second kappa shape index (κ2) is 7.85. The average Bonchev–Trinajstić information content (AvgIpc) is 2.90. The number of nitrogens with one attached hydrogen (secondary N) is 1. The fourth-order valence-electron chi connectivity index (χ4n) is 2.55. The van der Waals surface area contributed by atoms with Crippen LogP contribution in [0.5, 0.6) is 0 Å². The van der Waals surface area contributed by atoms with Crippen molar-refractivity contribution in [2.24, 2.45) is 0 Å². The zero-order valence-electron chi connectivity index (χ0n) is 14.0. The van der Waals surface area contributed by atoms with Crippen molar-refractivity contribution in [3.63, 3.8) is 0 Å². The van der Waals surface area contributed by atoms with E-state index in [1.54, 1.807) is 31.2 Å². The summed E-state index contributed by atoms with van der Waals surface area (Å²) in [5, 5.41) is 3.41. The van der Waals surface area contributed by atoms with Crippen LogP contribution < -0.4 is 10.2 Å². The number of rotatable bonds is 5. The second-order valence-corrected chi connectivity index (χ2v) is 7.21. The number of hydrogen-bond acceptors (Lipinski definition) is 3. The van der Waals surface area contributed by atoms with Crippen LogP contribution in [0.15, 0.2) is 53.3 Å². The van der Waals surface area contributed by atoms with E-state index in [1.165, 1.54) is 16.7 Å². The molecule has 0 atom stereocenters. The number of carbonyl (C=O) groups is 1. The zero-order valence-corrected chi connectivity index (χ0v) is 15.5. The van der Waals surface area contributed by atoms with Crippen LogP contribution >= 0.6 is 22.9 Å². The number of carbonyl (C=O) groups excluding carboxylic acids is 1. The van der Waals surface area contributed by atoms with Crippen LogP contribution in [-0.4, -0.2) is 10.5 Å². The molecular weight excluding hydrogens is 375 g/mol. The van der Waals surface area contributed by atoms with E-state index in [0.29, 0.717) is 28.7 Å². The molecule has 4 nitrogen and oxygen atoms in total. The number of hydrogen-bond donors (Lipinski definition) is 1. The minimum Gasteiger partial charge on any atom is -0.347 e. The number of halogens is 2. The molecule has 3 aromatic rings. The fourth-order valence-corrected chi connectivity index (χ4v) is 3.67. The highest BCUT2D eigenvalue weighted by molar-refractivity contribution is 7.11. The smallest absolute Gasteiger partial charge is 0.308 e. The molecule has 1 heterocycles. The Morgan fingerprint density at radius 3 is 2.62 bits per heavy atom. The summed E-state index contributed by atoms with van der Waals surface area (Å²) in [5.41, 5.74) is 2.26. The van der Waals surface area contributed by atoms with E-state index in [9.17, 15) is 14.0 Å². The molecule has 0 aliphatic carbocycles. The largest absolute Gasteiger partial charge is 0.347 e. The maximum Gasteiger partial charge on any atom is 0.308 e. The summed E-state index contributed by atoms with van der Waals surface area (Å²) in [4.78, 5) is 24.9. The molecule has 0 bridgehead atoms. The van der Waals surface area contributed by atoms with Crippen LogP contribution in [0.3, 0.4) is 0 Å². The first kappa shape index (κ1) is 18.4. The predicted molar refractivity (Wildman–Crippen MR) is 101 cm³/mol. The lowest BCUT2D eigenvalue weighted by Crippen LogP contribution is -2.23. The Kier molecular flexibility index (Phi) is 5.54.